The molecule has 0 saturated heterocycles. The van der Waals surface area contributed by atoms with E-state index in [4.69, 9.17) is 9.47 Å². The molecule has 0 radical (unpaired) electrons. The number of aromatic nitrogens is 2. The Balaban J connectivity index is 2.23. The SMILES string of the molecule is CCOCCOC(=O)[C@@H](C)n1cnc2sc(C)c(C)c2c1=O. The van der Waals surface area contributed by atoms with Crippen molar-refractivity contribution in [3.8, 4) is 0 Å². The number of carbonyl (C=O) groups excluding carboxylic acids is 1. The maximum atomic E-state index is 12.6. The molecule has 0 aliphatic heterocycles. The van der Waals surface area contributed by atoms with Gasteiger partial charge in [-0.1, -0.05) is 0 Å². The van der Waals surface area contributed by atoms with E-state index in [1.807, 2.05) is 20.8 Å². The number of hydrogen-bond donors (Lipinski definition) is 0. The first-order valence-corrected chi connectivity index (χ1v) is 8.00. The number of aryl methyl sites for hydroxylation is 2. The third-order valence-corrected chi connectivity index (χ3v) is 4.66. The highest BCUT2D eigenvalue weighted by Gasteiger charge is 2.20. The third kappa shape index (κ3) is 3.20. The summed E-state index contributed by atoms with van der Waals surface area (Å²) in [4.78, 5) is 30.7. The zero-order valence-electron chi connectivity index (χ0n) is 13.2. The third-order valence-electron chi connectivity index (χ3n) is 3.55. The van der Waals surface area contributed by atoms with E-state index >= 15 is 0 Å². The second kappa shape index (κ2) is 7.02. The fraction of sp³-hybridized carbons (Fsp3) is 0.533. The molecule has 22 heavy (non-hydrogen) atoms. The van der Waals surface area contributed by atoms with Crippen LogP contribution in [0.3, 0.4) is 0 Å². The van der Waals surface area contributed by atoms with Gasteiger partial charge in [-0.3, -0.25) is 9.36 Å². The molecule has 0 fully saturated rings. The average Bonchev–Trinajstić information content (AvgIpc) is 2.79. The van der Waals surface area contributed by atoms with E-state index < -0.39 is 12.0 Å². The minimum absolute atomic E-state index is 0.179. The van der Waals surface area contributed by atoms with Crippen molar-refractivity contribution in [2.24, 2.45) is 0 Å². The van der Waals surface area contributed by atoms with Crippen LogP contribution in [-0.2, 0) is 14.3 Å². The van der Waals surface area contributed by atoms with Crippen molar-refractivity contribution in [1.82, 2.24) is 9.55 Å². The number of nitrogens with zero attached hydrogens (tertiary/aromatic N) is 2. The molecule has 1 atom stereocenters. The van der Waals surface area contributed by atoms with E-state index in [0.717, 1.165) is 10.4 Å². The van der Waals surface area contributed by atoms with Gasteiger partial charge in [-0.15, -0.1) is 11.3 Å². The molecule has 2 aromatic heterocycles. The lowest BCUT2D eigenvalue weighted by Crippen LogP contribution is -2.30. The summed E-state index contributed by atoms with van der Waals surface area (Å²) in [5.74, 6) is -0.465. The fourth-order valence-electron chi connectivity index (χ4n) is 2.10. The molecule has 0 aromatic carbocycles. The number of thiophene rings is 1. The molecular formula is C15H20N2O4S. The number of ether oxygens (including phenoxy) is 2. The normalized spacial score (nSPS) is 12.5. The summed E-state index contributed by atoms with van der Waals surface area (Å²) >= 11 is 1.48. The Morgan fingerprint density at radius 1 is 1.41 bits per heavy atom. The Kier molecular flexibility index (Phi) is 5.31. The van der Waals surface area contributed by atoms with Crippen LogP contribution >= 0.6 is 11.3 Å². The monoisotopic (exact) mass is 324 g/mol. The van der Waals surface area contributed by atoms with Gasteiger partial charge in [0.25, 0.3) is 5.56 Å². The molecule has 7 heteroatoms. The lowest BCUT2D eigenvalue weighted by Gasteiger charge is -2.14. The molecular weight excluding hydrogens is 304 g/mol. The highest BCUT2D eigenvalue weighted by atomic mass is 32.1. The van der Waals surface area contributed by atoms with Gasteiger partial charge < -0.3 is 9.47 Å². The van der Waals surface area contributed by atoms with Crippen LogP contribution in [0.5, 0.6) is 0 Å². The Morgan fingerprint density at radius 2 is 2.14 bits per heavy atom. The number of fused-ring (bicyclic) bond motifs is 1. The predicted octanol–water partition coefficient (Wildman–Crippen LogP) is 2.22. The molecule has 6 nitrogen and oxygen atoms in total. The summed E-state index contributed by atoms with van der Waals surface area (Å²) in [6.45, 7) is 8.46. The lowest BCUT2D eigenvalue weighted by atomic mass is 10.2. The zero-order valence-corrected chi connectivity index (χ0v) is 14.0. The van der Waals surface area contributed by atoms with E-state index in [0.29, 0.717) is 23.4 Å². The largest absolute Gasteiger partial charge is 0.462 e. The standard InChI is InChI=1S/C15H20N2O4S/c1-5-20-6-7-21-15(19)10(3)17-8-16-13-12(14(17)18)9(2)11(4)22-13/h8,10H,5-7H2,1-4H3/t10-/m1/s1. The van der Waals surface area contributed by atoms with Crippen molar-refractivity contribution in [2.45, 2.75) is 33.7 Å². The maximum Gasteiger partial charge on any atom is 0.329 e. The van der Waals surface area contributed by atoms with Crippen LogP contribution in [0.4, 0.5) is 0 Å². The molecule has 2 aromatic rings. The van der Waals surface area contributed by atoms with E-state index in [1.165, 1.54) is 22.2 Å². The van der Waals surface area contributed by atoms with E-state index in [1.54, 1.807) is 6.92 Å². The summed E-state index contributed by atoms with van der Waals surface area (Å²) in [6, 6.07) is -0.717. The minimum Gasteiger partial charge on any atom is -0.462 e. The van der Waals surface area contributed by atoms with Gasteiger partial charge in [0.2, 0.25) is 0 Å². The zero-order chi connectivity index (χ0) is 16.3. The van der Waals surface area contributed by atoms with Crippen molar-refractivity contribution < 1.29 is 14.3 Å². The molecule has 0 saturated carbocycles. The van der Waals surface area contributed by atoms with Gasteiger partial charge in [-0.05, 0) is 33.3 Å². The van der Waals surface area contributed by atoms with Gasteiger partial charge >= 0.3 is 5.97 Å². The second-order valence-electron chi connectivity index (χ2n) is 4.96. The van der Waals surface area contributed by atoms with Gasteiger partial charge in [0.05, 0.1) is 18.3 Å². The van der Waals surface area contributed by atoms with Crippen molar-refractivity contribution >= 4 is 27.5 Å². The predicted molar refractivity (Wildman–Crippen MR) is 85.5 cm³/mol. The first-order chi connectivity index (χ1) is 10.5. The summed E-state index contributed by atoms with van der Waals surface area (Å²) < 4.78 is 11.6. The summed E-state index contributed by atoms with van der Waals surface area (Å²) in [7, 11) is 0. The quantitative estimate of drug-likeness (QED) is 0.602. The topological polar surface area (TPSA) is 70.4 Å². The molecule has 2 heterocycles. The smallest absolute Gasteiger partial charge is 0.329 e. The van der Waals surface area contributed by atoms with Crippen molar-refractivity contribution in [2.75, 3.05) is 19.8 Å². The van der Waals surface area contributed by atoms with Crippen molar-refractivity contribution in [3.63, 3.8) is 0 Å². The number of rotatable bonds is 6. The maximum absolute atomic E-state index is 12.6. The van der Waals surface area contributed by atoms with Crippen LogP contribution in [0.15, 0.2) is 11.1 Å². The Morgan fingerprint density at radius 3 is 2.82 bits per heavy atom. The average molecular weight is 324 g/mol. The molecule has 0 N–H and O–H groups in total. The van der Waals surface area contributed by atoms with Crippen LogP contribution in [0.25, 0.3) is 10.2 Å². The summed E-state index contributed by atoms with van der Waals surface area (Å²) in [5.41, 5.74) is 0.713. The van der Waals surface area contributed by atoms with Gasteiger partial charge in [-0.2, -0.15) is 0 Å². The second-order valence-corrected chi connectivity index (χ2v) is 6.16. The van der Waals surface area contributed by atoms with Gasteiger partial charge in [0.15, 0.2) is 0 Å². The number of hydrogen-bond acceptors (Lipinski definition) is 6. The van der Waals surface area contributed by atoms with E-state index in [9.17, 15) is 9.59 Å². The van der Waals surface area contributed by atoms with Crippen LogP contribution in [0, 0.1) is 13.8 Å². The van der Waals surface area contributed by atoms with Gasteiger partial charge in [-0.25, -0.2) is 9.78 Å². The highest BCUT2D eigenvalue weighted by molar-refractivity contribution is 7.18. The van der Waals surface area contributed by atoms with Crippen LogP contribution < -0.4 is 5.56 Å². The molecule has 0 aliphatic rings. The Bertz CT molecular complexity index is 735. The lowest BCUT2D eigenvalue weighted by molar-refractivity contribution is -0.148. The van der Waals surface area contributed by atoms with E-state index in [-0.39, 0.29) is 12.2 Å². The molecule has 2 rings (SSSR count). The van der Waals surface area contributed by atoms with E-state index in [2.05, 4.69) is 4.98 Å². The Labute approximate surface area is 132 Å². The molecule has 0 amide bonds. The van der Waals surface area contributed by atoms with Crippen molar-refractivity contribution in [1.29, 1.82) is 0 Å². The number of carbonyl (C=O) groups is 1. The van der Waals surface area contributed by atoms with Crippen LogP contribution in [-0.4, -0.2) is 35.3 Å². The van der Waals surface area contributed by atoms with Crippen LogP contribution in [0.2, 0.25) is 0 Å². The van der Waals surface area contributed by atoms with Crippen LogP contribution in [0.1, 0.15) is 30.3 Å². The molecule has 0 aliphatic carbocycles. The molecule has 120 valence electrons. The number of esters is 1. The first-order valence-electron chi connectivity index (χ1n) is 7.18. The van der Waals surface area contributed by atoms with Gasteiger partial charge in [0, 0.05) is 11.5 Å². The summed E-state index contributed by atoms with van der Waals surface area (Å²) in [5, 5.41) is 0.582. The van der Waals surface area contributed by atoms with Crippen molar-refractivity contribution in [3.05, 3.63) is 27.1 Å². The fourth-order valence-corrected chi connectivity index (χ4v) is 3.09. The Hall–Kier alpha value is -1.73. The highest BCUT2D eigenvalue weighted by Crippen LogP contribution is 2.25. The van der Waals surface area contributed by atoms with Gasteiger partial charge in [0.1, 0.15) is 17.5 Å². The first kappa shape index (κ1) is 16.6. The minimum atomic E-state index is -0.717. The summed E-state index contributed by atoms with van der Waals surface area (Å²) in [6.07, 6.45) is 1.41. The molecule has 0 spiro atoms. The molecule has 0 bridgehead atoms. The molecule has 0 unspecified atom stereocenters.